The summed E-state index contributed by atoms with van der Waals surface area (Å²) < 4.78 is 22.5. The SMILES string of the molecule is C=C/C=C\C[C@H]1CCC[C@@H]1C#N.[C-]#[O+].[C-]#[O+].[C-]#[O+].[Fe]. The minimum Gasteiger partial charge on any atom is 0 e. The molecule has 0 aliphatic heterocycles. The van der Waals surface area contributed by atoms with Crippen LogP contribution in [0.2, 0.25) is 0 Å². The van der Waals surface area contributed by atoms with Crippen molar-refractivity contribution in [2.75, 3.05) is 0 Å². The van der Waals surface area contributed by atoms with Crippen molar-refractivity contribution in [2.45, 2.75) is 25.7 Å². The number of hydrogen-bond donors (Lipinski definition) is 0. The Labute approximate surface area is 125 Å². The molecule has 0 bridgehead atoms. The molecule has 0 aromatic rings. The van der Waals surface area contributed by atoms with Gasteiger partial charge in [-0.3, -0.25) is 0 Å². The molecule has 1 saturated carbocycles. The minimum atomic E-state index is 0. The molecule has 0 spiro atoms. The second-order valence-electron chi connectivity index (χ2n) is 3.33. The summed E-state index contributed by atoms with van der Waals surface area (Å²) in [5.41, 5.74) is 0. The van der Waals surface area contributed by atoms with Crippen LogP contribution in [0.1, 0.15) is 25.7 Å². The molecule has 5 heteroatoms. The Kier molecular flexibility index (Phi) is 35.3. The fraction of sp³-hybridized carbons (Fsp3) is 0.429. The quantitative estimate of drug-likeness (QED) is 0.341. The molecular formula is C14H15FeNO3. The number of hydrogen-bond acceptors (Lipinski definition) is 1. The van der Waals surface area contributed by atoms with Crippen LogP contribution in [0, 0.1) is 43.1 Å². The number of nitrogens with zero attached hydrogens (tertiary/aromatic N) is 1. The van der Waals surface area contributed by atoms with Gasteiger partial charge in [0, 0.05) is 23.0 Å². The molecule has 2 atom stereocenters. The van der Waals surface area contributed by atoms with Crippen molar-refractivity contribution in [3.05, 3.63) is 44.8 Å². The van der Waals surface area contributed by atoms with E-state index in [9.17, 15) is 0 Å². The molecule has 1 aliphatic rings. The molecule has 0 aromatic carbocycles. The molecule has 1 rings (SSSR count). The van der Waals surface area contributed by atoms with Gasteiger partial charge in [0.1, 0.15) is 0 Å². The topological polar surface area (TPSA) is 83.5 Å². The summed E-state index contributed by atoms with van der Waals surface area (Å²) in [5.74, 6) is 0.908. The summed E-state index contributed by atoms with van der Waals surface area (Å²) in [6.07, 6.45) is 10.5. The van der Waals surface area contributed by atoms with Crippen LogP contribution < -0.4 is 0 Å². The minimum absolute atomic E-state index is 0. The van der Waals surface area contributed by atoms with Crippen molar-refractivity contribution in [3.8, 4) is 6.07 Å². The van der Waals surface area contributed by atoms with Gasteiger partial charge in [0.2, 0.25) is 0 Å². The van der Waals surface area contributed by atoms with E-state index in [4.69, 9.17) is 19.2 Å². The molecule has 0 N–H and O–H groups in total. The van der Waals surface area contributed by atoms with Gasteiger partial charge in [-0.05, 0) is 25.2 Å². The Balaban J connectivity index is -0.000000142. The molecule has 0 amide bonds. The predicted octanol–water partition coefficient (Wildman–Crippen LogP) is 2.94. The molecule has 0 aromatic heterocycles. The molecule has 102 valence electrons. The van der Waals surface area contributed by atoms with Crippen molar-refractivity contribution >= 4 is 0 Å². The standard InChI is InChI=1S/C11H15N.3CO.Fe/c1-2-3-4-6-10-7-5-8-11(10)9-12;3*1-2;/h2-4,10-11H,1,5-8H2;;;;/b4-3-;;;;/t10-,11+;;;;/m0..../s1. The van der Waals surface area contributed by atoms with E-state index >= 15 is 0 Å². The average molecular weight is 301 g/mol. The van der Waals surface area contributed by atoms with Crippen LogP contribution in [0.15, 0.2) is 24.8 Å². The van der Waals surface area contributed by atoms with Crippen LogP contribution in [0.5, 0.6) is 0 Å². The molecule has 19 heavy (non-hydrogen) atoms. The van der Waals surface area contributed by atoms with Crippen LogP contribution in [-0.2, 0) is 31.0 Å². The van der Waals surface area contributed by atoms with Crippen LogP contribution in [0.4, 0.5) is 0 Å². The monoisotopic (exact) mass is 301 g/mol. The number of rotatable bonds is 3. The maximum atomic E-state index is 8.80. The van der Waals surface area contributed by atoms with Crippen molar-refractivity contribution < 1.29 is 31.0 Å². The summed E-state index contributed by atoms with van der Waals surface area (Å²) >= 11 is 0. The second-order valence-corrected chi connectivity index (χ2v) is 3.33. The molecule has 0 radical (unpaired) electrons. The van der Waals surface area contributed by atoms with E-state index in [1.807, 2.05) is 6.08 Å². The maximum Gasteiger partial charge on any atom is 0 e. The summed E-state index contributed by atoms with van der Waals surface area (Å²) in [7, 11) is 0. The zero-order valence-corrected chi connectivity index (χ0v) is 11.6. The van der Waals surface area contributed by atoms with E-state index in [0.29, 0.717) is 11.8 Å². The van der Waals surface area contributed by atoms with Crippen LogP contribution >= 0.6 is 0 Å². The van der Waals surface area contributed by atoms with E-state index in [1.165, 1.54) is 12.8 Å². The Morgan fingerprint density at radius 2 is 1.68 bits per heavy atom. The molecule has 0 unspecified atom stereocenters. The molecule has 1 aliphatic carbocycles. The van der Waals surface area contributed by atoms with E-state index in [2.05, 4.69) is 38.7 Å². The predicted molar refractivity (Wildman–Crippen MR) is 62.2 cm³/mol. The fourth-order valence-corrected chi connectivity index (χ4v) is 1.84. The average Bonchev–Trinajstić information content (AvgIpc) is 2.93. The summed E-state index contributed by atoms with van der Waals surface area (Å²) in [6.45, 7) is 17.1. The van der Waals surface area contributed by atoms with Crippen molar-refractivity contribution in [1.82, 2.24) is 0 Å². The van der Waals surface area contributed by atoms with Crippen molar-refractivity contribution in [3.63, 3.8) is 0 Å². The largest absolute Gasteiger partial charge is 0 e. The number of nitriles is 1. The van der Waals surface area contributed by atoms with E-state index in [0.717, 1.165) is 12.8 Å². The van der Waals surface area contributed by atoms with Gasteiger partial charge in [-0.15, -0.1) is 0 Å². The summed E-state index contributed by atoms with van der Waals surface area (Å²) in [6, 6.07) is 2.38. The van der Waals surface area contributed by atoms with Gasteiger partial charge in [0.05, 0.1) is 6.07 Å². The van der Waals surface area contributed by atoms with E-state index in [-0.39, 0.29) is 17.1 Å². The molecule has 1 fully saturated rings. The van der Waals surface area contributed by atoms with Gasteiger partial charge in [0.15, 0.2) is 0 Å². The zero-order chi connectivity index (χ0) is 14.8. The van der Waals surface area contributed by atoms with Crippen molar-refractivity contribution in [1.29, 1.82) is 5.26 Å². The van der Waals surface area contributed by atoms with Gasteiger partial charge in [-0.1, -0.05) is 31.2 Å². The first kappa shape index (κ1) is 26.3. The Morgan fingerprint density at radius 1 is 1.16 bits per heavy atom. The van der Waals surface area contributed by atoms with E-state index < -0.39 is 0 Å². The molecule has 0 saturated heterocycles. The zero-order valence-electron chi connectivity index (χ0n) is 10.4. The molecular weight excluding hydrogens is 286 g/mol. The summed E-state index contributed by atoms with van der Waals surface area (Å²) in [5, 5.41) is 8.80. The van der Waals surface area contributed by atoms with Gasteiger partial charge < -0.3 is 0 Å². The van der Waals surface area contributed by atoms with Gasteiger partial charge in [-0.2, -0.15) is 5.26 Å². The second kappa shape index (κ2) is 25.5. The Hall–Kier alpha value is -1.29. The Morgan fingerprint density at radius 3 is 2.11 bits per heavy atom. The summed E-state index contributed by atoms with van der Waals surface area (Å²) in [4.78, 5) is 0. The smallest absolute Gasteiger partial charge is 0 e. The molecule has 0 heterocycles. The van der Waals surface area contributed by atoms with Gasteiger partial charge in [-0.25, -0.2) is 0 Å². The third-order valence-corrected chi connectivity index (χ3v) is 2.54. The normalized spacial score (nSPS) is 18.6. The third-order valence-electron chi connectivity index (χ3n) is 2.54. The van der Waals surface area contributed by atoms with E-state index in [1.54, 1.807) is 6.08 Å². The third kappa shape index (κ3) is 14.6. The first-order chi connectivity index (χ1) is 8.88. The first-order valence-electron chi connectivity index (χ1n) is 5.17. The molecule has 4 nitrogen and oxygen atoms in total. The van der Waals surface area contributed by atoms with Crippen LogP contribution in [-0.4, -0.2) is 0 Å². The van der Waals surface area contributed by atoms with Crippen molar-refractivity contribution in [2.24, 2.45) is 11.8 Å². The van der Waals surface area contributed by atoms with Gasteiger partial charge in [0.25, 0.3) is 0 Å². The fourth-order valence-electron chi connectivity index (χ4n) is 1.84. The first-order valence-corrected chi connectivity index (χ1v) is 5.17. The van der Waals surface area contributed by atoms with Crippen LogP contribution in [0.25, 0.3) is 0 Å². The van der Waals surface area contributed by atoms with Crippen LogP contribution in [0.3, 0.4) is 0 Å². The van der Waals surface area contributed by atoms with Gasteiger partial charge >= 0.3 is 33.9 Å². The number of allylic oxidation sites excluding steroid dienone is 3. The maximum absolute atomic E-state index is 8.80. The Bertz CT molecular complexity index is 312.